The Morgan fingerprint density at radius 2 is 1.86 bits per heavy atom. The maximum absolute atomic E-state index is 12.9. The van der Waals surface area contributed by atoms with Crippen LogP contribution >= 0.6 is 11.6 Å². The van der Waals surface area contributed by atoms with Crippen molar-refractivity contribution >= 4 is 39.8 Å². The number of rotatable bonds is 4. The number of aromatic nitrogens is 1. The van der Waals surface area contributed by atoms with E-state index in [1.54, 1.807) is 0 Å². The molecule has 0 radical (unpaired) electrons. The van der Waals surface area contributed by atoms with Crippen LogP contribution < -0.4 is 10.9 Å². The number of nitrogens with one attached hydrogen (secondary N) is 1. The maximum atomic E-state index is 12.9. The molecule has 0 atom stereocenters. The van der Waals surface area contributed by atoms with Crippen molar-refractivity contribution in [3.8, 4) is 0 Å². The van der Waals surface area contributed by atoms with Gasteiger partial charge in [-0.2, -0.15) is 13.2 Å². The number of halogens is 4. The van der Waals surface area contributed by atoms with E-state index < -0.39 is 34.7 Å². The van der Waals surface area contributed by atoms with E-state index >= 15 is 0 Å². The number of carbonyl (C=O) groups is 1. The summed E-state index contributed by atoms with van der Waals surface area (Å²) in [4.78, 5) is 34.8. The van der Waals surface area contributed by atoms with Gasteiger partial charge in [0.25, 0.3) is 11.2 Å². The van der Waals surface area contributed by atoms with E-state index in [0.717, 1.165) is 22.8 Å². The molecule has 0 spiro atoms. The highest BCUT2D eigenvalue weighted by molar-refractivity contribution is 6.33. The van der Waals surface area contributed by atoms with E-state index in [9.17, 15) is 32.9 Å². The Labute approximate surface area is 165 Å². The first-order chi connectivity index (χ1) is 13.6. The van der Waals surface area contributed by atoms with Crippen LogP contribution in [-0.2, 0) is 17.5 Å². The number of amides is 1. The minimum atomic E-state index is -4.62. The van der Waals surface area contributed by atoms with Crippen LogP contribution in [0.15, 0.2) is 53.3 Å². The molecular formula is C18H11ClF3N3O4. The third-order valence-corrected chi connectivity index (χ3v) is 4.38. The molecule has 0 unspecified atom stereocenters. The predicted molar refractivity (Wildman–Crippen MR) is 99.9 cm³/mol. The molecule has 1 heterocycles. The summed E-state index contributed by atoms with van der Waals surface area (Å²) in [6.07, 6.45) is -4.62. The average molecular weight is 426 g/mol. The molecule has 0 aliphatic carbocycles. The molecule has 0 aliphatic heterocycles. The Hall–Kier alpha value is -3.40. The fourth-order valence-corrected chi connectivity index (χ4v) is 2.86. The van der Waals surface area contributed by atoms with Crippen LogP contribution in [0.5, 0.6) is 0 Å². The number of nitro groups is 1. The SMILES string of the molecule is O=C(Cn1c(=O)ccc2cc([N+](=O)[O-])ccc21)Nc1cc(C(F)(F)F)ccc1Cl. The summed E-state index contributed by atoms with van der Waals surface area (Å²) in [6.45, 7) is -0.527. The lowest BCUT2D eigenvalue weighted by Gasteiger charge is -2.13. The van der Waals surface area contributed by atoms with Gasteiger partial charge in [0.2, 0.25) is 5.91 Å². The summed E-state index contributed by atoms with van der Waals surface area (Å²) in [7, 11) is 0. The minimum Gasteiger partial charge on any atom is -0.323 e. The van der Waals surface area contributed by atoms with Crippen LogP contribution in [-0.4, -0.2) is 15.4 Å². The highest BCUT2D eigenvalue weighted by Gasteiger charge is 2.31. The van der Waals surface area contributed by atoms with Gasteiger partial charge in [0.15, 0.2) is 0 Å². The lowest BCUT2D eigenvalue weighted by molar-refractivity contribution is -0.384. The van der Waals surface area contributed by atoms with E-state index in [1.807, 2.05) is 0 Å². The zero-order valence-electron chi connectivity index (χ0n) is 14.4. The number of non-ortho nitro benzene ring substituents is 1. The Morgan fingerprint density at radius 1 is 1.14 bits per heavy atom. The van der Waals surface area contributed by atoms with Crippen LogP contribution in [0.2, 0.25) is 5.02 Å². The summed E-state index contributed by atoms with van der Waals surface area (Å²) in [5, 5.41) is 13.4. The molecule has 7 nitrogen and oxygen atoms in total. The second-order valence-corrected chi connectivity index (χ2v) is 6.41. The van der Waals surface area contributed by atoms with Crippen molar-refractivity contribution in [2.45, 2.75) is 12.7 Å². The first-order valence-electron chi connectivity index (χ1n) is 8.01. The summed E-state index contributed by atoms with van der Waals surface area (Å²) in [5.74, 6) is -0.792. The van der Waals surface area contributed by atoms with Crippen molar-refractivity contribution in [2.24, 2.45) is 0 Å². The number of pyridine rings is 1. The van der Waals surface area contributed by atoms with Crippen LogP contribution in [0.3, 0.4) is 0 Å². The van der Waals surface area contributed by atoms with Gasteiger partial charge in [0.1, 0.15) is 6.54 Å². The molecular weight excluding hydrogens is 415 g/mol. The molecule has 11 heteroatoms. The second kappa shape index (κ2) is 7.55. The van der Waals surface area contributed by atoms with Gasteiger partial charge in [-0.15, -0.1) is 0 Å². The normalized spacial score (nSPS) is 11.4. The molecule has 0 saturated carbocycles. The highest BCUT2D eigenvalue weighted by atomic mass is 35.5. The summed E-state index contributed by atoms with van der Waals surface area (Å²) >= 11 is 5.85. The third kappa shape index (κ3) is 4.37. The molecule has 29 heavy (non-hydrogen) atoms. The number of fused-ring (bicyclic) bond motifs is 1. The number of nitro benzene ring substituents is 1. The molecule has 150 valence electrons. The zero-order chi connectivity index (χ0) is 21.3. The lowest BCUT2D eigenvalue weighted by atomic mass is 10.2. The minimum absolute atomic E-state index is 0.104. The summed E-state index contributed by atoms with van der Waals surface area (Å²) in [6, 6.07) is 8.73. The zero-order valence-corrected chi connectivity index (χ0v) is 15.1. The van der Waals surface area contributed by atoms with Gasteiger partial charge in [-0.05, 0) is 30.3 Å². The number of hydrogen-bond donors (Lipinski definition) is 1. The number of nitrogens with zero attached hydrogens (tertiary/aromatic N) is 2. The molecule has 0 saturated heterocycles. The van der Waals surface area contributed by atoms with Crippen molar-refractivity contribution in [2.75, 3.05) is 5.32 Å². The predicted octanol–water partition coefficient (Wildman–Crippen LogP) is 4.22. The van der Waals surface area contributed by atoms with Gasteiger partial charge in [0.05, 0.1) is 26.7 Å². The highest BCUT2D eigenvalue weighted by Crippen LogP contribution is 2.33. The molecule has 1 aromatic heterocycles. The Kier molecular flexibility index (Phi) is 5.29. The van der Waals surface area contributed by atoms with E-state index in [4.69, 9.17) is 11.6 Å². The number of hydrogen-bond acceptors (Lipinski definition) is 4. The number of benzene rings is 2. The molecule has 0 fully saturated rings. The lowest BCUT2D eigenvalue weighted by Crippen LogP contribution is -2.27. The van der Waals surface area contributed by atoms with E-state index in [0.29, 0.717) is 11.5 Å². The Bertz CT molecular complexity index is 1190. The van der Waals surface area contributed by atoms with Crippen molar-refractivity contribution < 1.29 is 22.9 Å². The second-order valence-electron chi connectivity index (χ2n) is 6.00. The number of alkyl halides is 3. The summed E-state index contributed by atoms with van der Waals surface area (Å²) in [5.41, 5.74) is -1.74. The first-order valence-corrected chi connectivity index (χ1v) is 8.38. The van der Waals surface area contributed by atoms with Gasteiger partial charge in [0, 0.05) is 23.6 Å². The monoisotopic (exact) mass is 425 g/mol. The quantitative estimate of drug-likeness (QED) is 0.500. The summed E-state index contributed by atoms with van der Waals surface area (Å²) < 4.78 is 39.6. The maximum Gasteiger partial charge on any atom is 0.416 e. The van der Waals surface area contributed by atoms with Crippen LogP contribution in [0.1, 0.15) is 5.56 Å². The van der Waals surface area contributed by atoms with Gasteiger partial charge in [-0.25, -0.2) is 0 Å². The number of carbonyl (C=O) groups excluding carboxylic acids is 1. The van der Waals surface area contributed by atoms with Crippen molar-refractivity contribution in [3.63, 3.8) is 0 Å². The van der Waals surface area contributed by atoms with Gasteiger partial charge >= 0.3 is 6.18 Å². The molecule has 0 aliphatic rings. The molecule has 3 aromatic rings. The fourth-order valence-electron chi connectivity index (χ4n) is 2.70. The first kappa shape index (κ1) is 20.3. The van der Waals surface area contributed by atoms with Crippen molar-refractivity contribution in [1.82, 2.24) is 4.57 Å². The Morgan fingerprint density at radius 3 is 2.52 bits per heavy atom. The van der Waals surface area contributed by atoms with Crippen LogP contribution in [0.25, 0.3) is 10.9 Å². The molecule has 1 N–H and O–H groups in total. The molecule has 3 rings (SSSR count). The molecule has 1 amide bonds. The molecule has 0 bridgehead atoms. The Balaban J connectivity index is 1.92. The topological polar surface area (TPSA) is 94.2 Å². The molecule has 2 aromatic carbocycles. The third-order valence-electron chi connectivity index (χ3n) is 4.05. The van der Waals surface area contributed by atoms with Gasteiger partial charge in [-0.1, -0.05) is 11.6 Å². The average Bonchev–Trinajstić information content (AvgIpc) is 2.64. The van der Waals surface area contributed by atoms with Crippen LogP contribution in [0, 0.1) is 10.1 Å². The largest absolute Gasteiger partial charge is 0.416 e. The number of anilines is 1. The van der Waals surface area contributed by atoms with E-state index in [-0.39, 0.29) is 21.9 Å². The van der Waals surface area contributed by atoms with E-state index in [1.165, 1.54) is 24.3 Å². The van der Waals surface area contributed by atoms with Crippen molar-refractivity contribution in [3.05, 3.63) is 79.6 Å². The fraction of sp³-hybridized carbons (Fsp3) is 0.111. The van der Waals surface area contributed by atoms with Crippen LogP contribution in [0.4, 0.5) is 24.5 Å². The standard InChI is InChI=1S/C18H11ClF3N3O4/c19-13-4-2-11(18(20,21)22)8-14(13)23-16(26)9-24-15-5-3-12(25(28)29)7-10(15)1-6-17(24)27/h1-8H,9H2,(H,23,26). The smallest absolute Gasteiger partial charge is 0.323 e. The van der Waals surface area contributed by atoms with Gasteiger partial charge in [-0.3, -0.25) is 24.3 Å². The van der Waals surface area contributed by atoms with E-state index in [2.05, 4.69) is 5.32 Å². The van der Waals surface area contributed by atoms with Gasteiger partial charge < -0.3 is 5.32 Å². The van der Waals surface area contributed by atoms with Crippen molar-refractivity contribution in [1.29, 1.82) is 0 Å².